The van der Waals surface area contributed by atoms with Gasteiger partial charge in [-0.05, 0) is 25.2 Å². The van der Waals surface area contributed by atoms with Gasteiger partial charge in [0.2, 0.25) is 0 Å². The van der Waals surface area contributed by atoms with Crippen molar-refractivity contribution in [2.45, 2.75) is 25.3 Å². The molecule has 1 heterocycles. The summed E-state index contributed by atoms with van der Waals surface area (Å²) in [5, 5.41) is 19.7. The number of ether oxygens (including phenoxy) is 1. The molecule has 1 rings (SSSR count). The molecule has 2 atom stereocenters. The minimum absolute atomic E-state index is 0.150. The van der Waals surface area contributed by atoms with Crippen LogP contribution < -0.4 is 5.32 Å². The molecule has 1 unspecified atom stereocenters. The van der Waals surface area contributed by atoms with Crippen molar-refractivity contribution in [2.75, 3.05) is 19.8 Å². The molecule has 1 saturated heterocycles. The van der Waals surface area contributed by atoms with E-state index < -0.39 is 6.09 Å². The quantitative estimate of drug-likeness (QED) is 0.619. The van der Waals surface area contributed by atoms with Gasteiger partial charge >= 0.3 is 6.09 Å². The Morgan fingerprint density at radius 3 is 2.93 bits per heavy atom. The summed E-state index contributed by atoms with van der Waals surface area (Å²) >= 11 is 0. The Morgan fingerprint density at radius 1 is 1.64 bits per heavy atom. The summed E-state index contributed by atoms with van der Waals surface area (Å²) in [6.45, 7) is 1.33. The fraction of sp³-hybridized carbons (Fsp3) is 0.889. The highest BCUT2D eigenvalue weighted by atomic mass is 16.5. The number of carbonyl (C=O) groups is 1. The smallest absolute Gasteiger partial charge is 0.404 e. The fourth-order valence-corrected chi connectivity index (χ4v) is 1.75. The Kier molecular flexibility index (Phi) is 4.69. The molecule has 14 heavy (non-hydrogen) atoms. The summed E-state index contributed by atoms with van der Waals surface area (Å²) < 4.78 is 5.28. The van der Waals surface area contributed by atoms with Crippen molar-refractivity contribution in [2.24, 2.45) is 5.92 Å². The number of nitrogens with one attached hydrogen (secondary N) is 1. The van der Waals surface area contributed by atoms with Crippen molar-refractivity contribution in [3.63, 3.8) is 0 Å². The van der Waals surface area contributed by atoms with Crippen LogP contribution in [0.3, 0.4) is 0 Å². The van der Waals surface area contributed by atoms with Crippen LogP contribution in [0.2, 0.25) is 0 Å². The van der Waals surface area contributed by atoms with Gasteiger partial charge in [0.1, 0.15) is 0 Å². The zero-order valence-electron chi connectivity index (χ0n) is 8.11. The zero-order valence-corrected chi connectivity index (χ0v) is 8.11. The van der Waals surface area contributed by atoms with E-state index in [0.29, 0.717) is 18.9 Å². The SMILES string of the molecule is O=C(O)N[C@H](CO)CC1CCCOC1. The normalized spacial score (nSPS) is 24.2. The van der Waals surface area contributed by atoms with Crippen LogP contribution in [-0.2, 0) is 4.74 Å². The highest BCUT2D eigenvalue weighted by molar-refractivity contribution is 5.64. The first kappa shape index (κ1) is 11.3. The molecule has 82 valence electrons. The van der Waals surface area contributed by atoms with Crippen LogP contribution in [0.15, 0.2) is 0 Å². The average Bonchev–Trinajstić information content (AvgIpc) is 2.17. The van der Waals surface area contributed by atoms with E-state index in [1.54, 1.807) is 0 Å². The van der Waals surface area contributed by atoms with E-state index in [0.717, 1.165) is 19.4 Å². The van der Waals surface area contributed by atoms with Crippen LogP contribution in [0.5, 0.6) is 0 Å². The Morgan fingerprint density at radius 2 is 2.43 bits per heavy atom. The molecular formula is C9H17NO4. The maximum absolute atomic E-state index is 10.4. The van der Waals surface area contributed by atoms with Gasteiger partial charge in [0.05, 0.1) is 12.6 Å². The molecule has 3 N–H and O–H groups in total. The molecule has 0 radical (unpaired) electrons. The Hall–Kier alpha value is -0.810. The van der Waals surface area contributed by atoms with Gasteiger partial charge in [-0.1, -0.05) is 0 Å². The lowest BCUT2D eigenvalue weighted by atomic mass is 9.95. The second-order valence-corrected chi connectivity index (χ2v) is 3.65. The highest BCUT2D eigenvalue weighted by Gasteiger charge is 2.19. The zero-order chi connectivity index (χ0) is 10.4. The van der Waals surface area contributed by atoms with Crippen LogP contribution in [0.25, 0.3) is 0 Å². The molecule has 5 nitrogen and oxygen atoms in total. The molecule has 5 heteroatoms. The van der Waals surface area contributed by atoms with Crippen LogP contribution >= 0.6 is 0 Å². The van der Waals surface area contributed by atoms with Gasteiger partial charge in [0.15, 0.2) is 0 Å². The largest absolute Gasteiger partial charge is 0.465 e. The number of hydrogen-bond donors (Lipinski definition) is 3. The van der Waals surface area contributed by atoms with E-state index >= 15 is 0 Å². The van der Waals surface area contributed by atoms with E-state index in [4.69, 9.17) is 14.9 Å². The van der Waals surface area contributed by atoms with Crippen LogP contribution in [0, 0.1) is 5.92 Å². The molecule has 0 saturated carbocycles. The third-order valence-corrected chi connectivity index (χ3v) is 2.42. The van der Waals surface area contributed by atoms with Crippen LogP contribution in [-0.4, -0.2) is 42.2 Å². The maximum Gasteiger partial charge on any atom is 0.404 e. The number of aliphatic hydroxyl groups is 1. The lowest BCUT2D eigenvalue weighted by Crippen LogP contribution is -2.39. The second kappa shape index (κ2) is 5.82. The number of carboxylic acid groups (broad SMARTS) is 1. The van der Waals surface area contributed by atoms with E-state index in [1.807, 2.05) is 0 Å². The second-order valence-electron chi connectivity index (χ2n) is 3.65. The number of rotatable bonds is 4. The van der Waals surface area contributed by atoms with Crippen LogP contribution in [0.4, 0.5) is 4.79 Å². The van der Waals surface area contributed by atoms with Crippen molar-refractivity contribution in [1.29, 1.82) is 0 Å². The first-order valence-corrected chi connectivity index (χ1v) is 4.90. The van der Waals surface area contributed by atoms with Gasteiger partial charge < -0.3 is 20.3 Å². The minimum atomic E-state index is -1.08. The van der Waals surface area contributed by atoms with Gasteiger partial charge in [-0.2, -0.15) is 0 Å². The van der Waals surface area contributed by atoms with Gasteiger partial charge in [-0.25, -0.2) is 4.79 Å². The molecule has 1 aliphatic heterocycles. The van der Waals surface area contributed by atoms with E-state index in [1.165, 1.54) is 0 Å². The average molecular weight is 203 g/mol. The molecule has 1 fully saturated rings. The summed E-state index contributed by atoms with van der Waals surface area (Å²) in [5.74, 6) is 0.368. The van der Waals surface area contributed by atoms with Gasteiger partial charge in [-0.3, -0.25) is 0 Å². The van der Waals surface area contributed by atoms with Gasteiger partial charge in [-0.15, -0.1) is 0 Å². The van der Waals surface area contributed by atoms with Gasteiger partial charge in [0.25, 0.3) is 0 Å². The Balaban J connectivity index is 2.27. The molecule has 0 aliphatic carbocycles. The van der Waals surface area contributed by atoms with E-state index in [2.05, 4.69) is 5.32 Å². The van der Waals surface area contributed by atoms with Crippen molar-refractivity contribution in [3.05, 3.63) is 0 Å². The molecule has 1 amide bonds. The Labute approximate surface area is 83.1 Å². The Bertz CT molecular complexity index is 180. The molecule has 0 aromatic rings. The van der Waals surface area contributed by atoms with Crippen LogP contribution in [0.1, 0.15) is 19.3 Å². The van der Waals surface area contributed by atoms with Crippen molar-refractivity contribution in [3.8, 4) is 0 Å². The molecule has 1 aliphatic rings. The maximum atomic E-state index is 10.4. The molecular weight excluding hydrogens is 186 g/mol. The lowest BCUT2D eigenvalue weighted by molar-refractivity contribution is 0.0441. The molecule has 0 spiro atoms. The predicted molar refractivity (Wildman–Crippen MR) is 50.2 cm³/mol. The lowest BCUT2D eigenvalue weighted by Gasteiger charge is -2.25. The molecule has 0 aromatic carbocycles. The predicted octanol–water partition coefficient (Wildman–Crippen LogP) is 0.432. The fourth-order valence-electron chi connectivity index (χ4n) is 1.75. The standard InChI is InChI=1S/C9H17NO4/c11-5-8(10-9(12)13)4-7-2-1-3-14-6-7/h7-8,10-11H,1-6H2,(H,12,13)/t7?,8-/m0/s1. The van der Waals surface area contributed by atoms with E-state index in [9.17, 15) is 4.79 Å². The first-order valence-electron chi connectivity index (χ1n) is 4.90. The third kappa shape index (κ3) is 3.93. The van der Waals surface area contributed by atoms with Crippen molar-refractivity contribution < 1.29 is 19.7 Å². The van der Waals surface area contributed by atoms with E-state index in [-0.39, 0.29) is 12.6 Å². The monoisotopic (exact) mass is 203 g/mol. The summed E-state index contributed by atoms with van der Waals surface area (Å²) in [6, 6.07) is -0.362. The first-order chi connectivity index (χ1) is 6.72. The highest BCUT2D eigenvalue weighted by Crippen LogP contribution is 2.18. The number of aliphatic hydroxyl groups excluding tert-OH is 1. The number of amides is 1. The van der Waals surface area contributed by atoms with Crippen molar-refractivity contribution in [1.82, 2.24) is 5.32 Å². The summed E-state index contributed by atoms with van der Waals surface area (Å²) in [4.78, 5) is 10.4. The number of hydrogen-bond acceptors (Lipinski definition) is 3. The summed E-state index contributed by atoms with van der Waals surface area (Å²) in [5.41, 5.74) is 0. The topological polar surface area (TPSA) is 78.8 Å². The summed E-state index contributed by atoms with van der Waals surface area (Å²) in [6.07, 6.45) is 1.65. The molecule has 0 bridgehead atoms. The molecule has 0 aromatic heterocycles. The van der Waals surface area contributed by atoms with Crippen molar-refractivity contribution >= 4 is 6.09 Å². The van der Waals surface area contributed by atoms with Gasteiger partial charge in [0, 0.05) is 13.2 Å². The minimum Gasteiger partial charge on any atom is -0.465 e. The summed E-state index contributed by atoms with van der Waals surface area (Å²) in [7, 11) is 0. The third-order valence-electron chi connectivity index (χ3n) is 2.42.